The summed E-state index contributed by atoms with van der Waals surface area (Å²) in [5.41, 5.74) is 0.0477. The Kier molecular flexibility index (Phi) is 5.67. The van der Waals surface area contributed by atoms with Gasteiger partial charge in [-0.15, -0.1) is 0 Å². The molecule has 0 aromatic carbocycles. The van der Waals surface area contributed by atoms with E-state index in [4.69, 9.17) is 9.47 Å². The topological polar surface area (TPSA) is 30.5 Å². The van der Waals surface area contributed by atoms with Crippen molar-refractivity contribution in [3.63, 3.8) is 0 Å². The van der Waals surface area contributed by atoms with Gasteiger partial charge in [0.2, 0.25) is 0 Å². The van der Waals surface area contributed by atoms with Crippen molar-refractivity contribution in [2.24, 2.45) is 5.92 Å². The summed E-state index contributed by atoms with van der Waals surface area (Å²) in [5.74, 6) is 0.754. The minimum atomic E-state index is 0.0477. The lowest BCUT2D eigenvalue weighted by Gasteiger charge is -2.41. The molecule has 1 N–H and O–H groups in total. The third-order valence-corrected chi connectivity index (χ3v) is 4.58. The van der Waals surface area contributed by atoms with Crippen LogP contribution in [0.1, 0.15) is 59.3 Å². The predicted octanol–water partition coefficient (Wildman–Crippen LogP) is 3.13. The highest BCUT2D eigenvalue weighted by Crippen LogP contribution is 2.38. The molecule has 2 aliphatic heterocycles. The van der Waals surface area contributed by atoms with E-state index in [0.29, 0.717) is 12.1 Å². The minimum Gasteiger partial charge on any atom is -0.378 e. The monoisotopic (exact) mass is 269 g/mol. The molecule has 0 bridgehead atoms. The van der Waals surface area contributed by atoms with Crippen molar-refractivity contribution in [2.75, 3.05) is 19.8 Å². The Labute approximate surface area is 118 Å². The van der Waals surface area contributed by atoms with E-state index in [-0.39, 0.29) is 5.60 Å². The number of hydrogen-bond acceptors (Lipinski definition) is 3. The molecule has 2 saturated heterocycles. The van der Waals surface area contributed by atoms with Crippen LogP contribution in [0.15, 0.2) is 0 Å². The molecule has 0 saturated carbocycles. The number of hydrogen-bond donors (Lipinski definition) is 1. The molecule has 1 spiro atoms. The Hall–Kier alpha value is -0.120. The van der Waals surface area contributed by atoms with E-state index < -0.39 is 0 Å². The Bertz CT molecular complexity index is 261. The molecule has 0 aromatic rings. The average Bonchev–Trinajstić information content (AvgIpc) is 2.82. The number of rotatable bonds is 6. The molecule has 3 nitrogen and oxygen atoms in total. The SMILES string of the molecule is CCCCC(NC(C)C)C1CCOC2(CCOC2)C1. The number of nitrogens with one attached hydrogen (secondary N) is 1. The molecule has 2 rings (SSSR count). The summed E-state index contributed by atoms with van der Waals surface area (Å²) in [4.78, 5) is 0. The van der Waals surface area contributed by atoms with Gasteiger partial charge >= 0.3 is 0 Å². The normalized spacial score (nSPS) is 33.2. The van der Waals surface area contributed by atoms with Gasteiger partial charge in [-0.3, -0.25) is 0 Å². The van der Waals surface area contributed by atoms with E-state index in [0.717, 1.165) is 32.2 Å². The zero-order chi connectivity index (χ0) is 13.7. The lowest BCUT2D eigenvalue weighted by Crippen LogP contribution is -2.48. The average molecular weight is 269 g/mol. The van der Waals surface area contributed by atoms with Gasteiger partial charge in [-0.2, -0.15) is 0 Å². The molecule has 0 aromatic heterocycles. The van der Waals surface area contributed by atoms with Gasteiger partial charge in [-0.1, -0.05) is 33.6 Å². The van der Waals surface area contributed by atoms with Gasteiger partial charge in [-0.05, 0) is 25.2 Å². The van der Waals surface area contributed by atoms with Gasteiger partial charge in [0.05, 0.1) is 12.2 Å². The Morgan fingerprint density at radius 2 is 2.16 bits per heavy atom. The fourth-order valence-corrected chi connectivity index (χ4v) is 3.58. The van der Waals surface area contributed by atoms with Gasteiger partial charge in [0.15, 0.2) is 0 Å². The third-order valence-electron chi connectivity index (χ3n) is 4.58. The van der Waals surface area contributed by atoms with E-state index in [1.807, 2.05) is 0 Å². The van der Waals surface area contributed by atoms with Crippen LogP contribution in [0, 0.1) is 5.92 Å². The van der Waals surface area contributed by atoms with Crippen molar-refractivity contribution in [1.29, 1.82) is 0 Å². The van der Waals surface area contributed by atoms with Crippen LogP contribution < -0.4 is 5.32 Å². The molecule has 3 unspecified atom stereocenters. The highest BCUT2D eigenvalue weighted by Gasteiger charge is 2.42. The lowest BCUT2D eigenvalue weighted by molar-refractivity contribution is -0.103. The Balaban J connectivity index is 1.94. The first-order chi connectivity index (χ1) is 9.15. The molecular formula is C16H31NO2. The van der Waals surface area contributed by atoms with Crippen LogP contribution >= 0.6 is 0 Å². The molecular weight excluding hydrogens is 238 g/mol. The van der Waals surface area contributed by atoms with Gasteiger partial charge in [-0.25, -0.2) is 0 Å². The van der Waals surface area contributed by atoms with Crippen molar-refractivity contribution in [3.8, 4) is 0 Å². The van der Waals surface area contributed by atoms with Crippen LogP contribution in [0.5, 0.6) is 0 Å². The zero-order valence-corrected chi connectivity index (χ0v) is 12.9. The second kappa shape index (κ2) is 7.05. The maximum absolute atomic E-state index is 6.06. The first kappa shape index (κ1) is 15.3. The molecule has 3 atom stereocenters. The van der Waals surface area contributed by atoms with Crippen LogP contribution in [0.3, 0.4) is 0 Å². The van der Waals surface area contributed by atoms with E-state index in [2.05, 4.69) is 26.1 Å². The van der Waals surface area contributed by atoms with Crippen molar-refractivity contribution < 1.29 is 9.47 Å². The van der Waals surface area contributed by atoms with Crippen molar-refractivity contribution in [3.05, 3.63) is 0 Å². The van der Waals surface area contributed by atoms with Crippen LogP contribution in [-0.4, -0.2) is 37.5 Å². The van der Waals surface area contributed by atoms with Gasteiger partial charge in [0, 0.05) is 31.7 Å². The molecule has 0 aliphatic carbocycles. The van der Waals surface area contributed by atoms with Crippen molar-refractivity contribution >= 4 is 0 Å². The quantitative estimate of drug-likeness (QED) is 0.803. The highest BCUT2D eigenvalue weighted by molar-refractivity contribution is 4.94. The van der Waals surface area contributed by atoms with E-state index in [1.165, 1.54) is 32.1 Å². The first-order valence-electron chi connectivity index (χ1n) is 8.13. The summed E-state index contributed by atoms with van der Waals surface area (Å²) in [5, 5.41) is 3.79. The molecule has 0 radical (unpaired) electrons. The molecule has 112 valence electrons. The largest absolute Gasteiger partial charge is 0.378 e. The summed E-state index contributed by atoms with van der Waals surface area (Å²) >= 11 is 0. The summed E-state index contributed by atoms with van der Waals surface area (Å²) in [6, 6.07) is 1.22. The standard InChI is InChI=1S/C16H31NO2/c1-4-5-6-15(17-13(2)3)14-7-9-19-16(11-14)8-10-18-12-16/h13-15,17H,4-12H2,1-3H3. The van der Waals surface area contributed by atoms with E-state index in [9.17, 15) is 0 Å². The predicted molar refractivity (Wildman–Crippen MR) is 78.4 cm³/mol. The van der Waals surface area contributed by atoms with Gasteiger partial charge < -0.3 is 14.8 Å². The van der Waals surface area contributed by atoms with Gasteiger partial charge in [0.1, 0.15) is 0 Å². The number of unbranched alkanes of at least 4 members (excludes halogenated alkanes) is 1. The molecule has 2 heterocycles. The number of ether oxygens (including phenoxy) is 2. The van der Waals surface area contributed by atoms with Gasteiger partial charge in [0.25, 0.3) is 0 Å². The van der Waals surface area contributed by atoms with Crippen LogP contribution in [0.25, 0.3) is 0 Å². The smallest absolute Gasteiger partial charge is 0.0939 e. The zero-order valence-electron chi connectivity index (χ0n) is 12.9. The maximum atomic E-state index is 6.06. The van der Waals surface area contributed by atoms with Crippen LogP contribution in [-0.2, 0) is 9.47 Å². The summed E-state index contributed by atoms with van der Waals surface area (Å²) in [6.07, 6.45) is 7.39. The summed E-state index contributed by atoms with van der Waals surface area (Å²) in [6.45, 7) is 9.40. The maximum Gasteiger partial charge on any atom is 0.0939 e. The third kappa shape index (κ3) is 4.17. The van der Waals surface area contributed by atoms with Crippen molar-refractivity contribution in [2.45, 2.75) is 77.0 Å². The molecule has 19 heavy (non-hydrogen) atoms. The molecule has 2 fully saturated rings. The van der Waals surface area contributed by atoms with Crippen LogP contribution in [0.4, 0.5) is 0 Å². The Morgan fingerprint density at radius 3 is 2.79 bits per heavy atom. The Morgan fingerprint density at radius 1 is 1.32 bits per heavy atom. The van der Waals surface area contributed by atoms with E-state index >= 15 is 0 Å². The van der Waals surface area contributed by atoms with Crippen molar-refractivity contribution in [1.82, 2.24) is 5.32 Å². The molecule has 2 aliphatic rings. The minimum absolute atomic E-state index is 0.0477. The fourth-order valence-electron chi connectivity index (χ4n) is 3.58. The second-order valence-electron chi connectivity index (χ2n) is 6.66. The first-order valence-corrected chi connectivity index (χ1v) is 8.13. The lowest BCUT2D eigenvalue weighted by atomic mass is 9.79. The van der Waals surface area contributed by atoms with E-state index in [1.54, 1.807) is 0 Å². The molecule has 0 amide bonds. The highest BCUT2D eigenvalue weighted by atomic mass is 16.6. The second-order valence-corrected chi connectivity index (χ2v) is 6.66. The molecule has 3 heteroatoms. The fraction of sp³-hybridized carbons (Fsp3) is 1.00. The summed E-state index contributed by atoms with van der Waals surface area (Å²) < 4.78 is 11.6. The summed E-state index contributed by atoms with van der Waals surface area (Å²) in [7, 11) is 0. The van der Waals surface area contributed by atoms with Crippen LogP contribution in [0.2, 0.25) is 0 Å².